The zero-order valence-electron chi connectivity index (χ0n) is 12.4. The fourth-order valence-electron chi connectivity index (χ4n) is 2.54. The van der Waals surface area contributed by atoms with Gasteiger partial charge in [0, 0.05) is 37.6 Å². The molecule has 0 radical (unpaired) electrons. The predicted molar refractivity (Wildman–Crippen MR) is 97.1 cm³/mol. The van der Waals surface area contributed by atoms with Gasteiger partial charge >= 0.3 is 0 Å². The van der Waals surface area contributed by atoms with Gasteiger partial charge in [0.2, 0.25) is 10.0 Å². The van der Waals surface area contributed by atoms with Crippen molar-refractivity contribution in [2.45, 2.75) is 11.4 Å². The lowest BCUT2D eigenvalue weighted by Crippen LogP contribution is -2.48. The molecule has 0 N–H and O–H groups in total. The summed E-state index contributed by atoms with van der Waals surface area (Å²) in [7, 11) is -3.50. The SMILES string of the molecule is Cl.O=S(=O)(c1ccccc1Cl)N1CCN(Cc2cccs2)CC1. The molecule has 0 bridgehead atoms. The molecule has 1 aromatic heterocycles. The molecule has 0 unspecified atom stereocenters. The van der Waals surface area contributed by atoms with Crippen molar-refractivity contribution < 1.29 is 8.42 Å². The molecule has 2 aromatic rings. The third kappa shape index (κ3) is 4.26. The van der Waals surface area contributed by atoms with Crippen LogP contribution in [0.15, 0.2) is 46.7 Å². The Morgan fingerprint density at radius 1 is 1.04 bits per heavy atom. The quantitative estimate of drug-likeness (QED) is 0.800. The molecule has 126 valence electrons. The molecule has 1 saturated heterocycles. The van der Waals surface area contributed by atoms with Crippen molar-refractivity contribution in [1.29, 1.82) is 0 Å². The first-order valence-electron chi connectivity index (χ1n) is 7.07. The Labute approximate surface area is 152 Å². The average molecular weight is 393 g/mol. The fourth-order valence-corrected chi connectivity index (χ4v) is 5.21. The standard InChI is InChI=1S/C15H17ClN2O2S2.ClH/c16-14-5-1-2-6-15(14)22(19,20)18-9-7-17(8-10-18)12-13-4-3-11-21-13;/h1-6,11H,7-10,12H2;1H. The van der Waals surface area contributed by atoms with Crippen LogP contribution in [-0.4, -0.2) is 43.8 Å². The minimum atomic E-state index is -3.50. The molecule has 23 heavy (non-hydrogen) atoms. The van der Waals surface area contributed by atoms with Crippen molar-refractivity contribution in [3.8, 4) is 0 Å². The van der Waals surface area contributed by atoms with Crippen LogP contribution in [0.1, 0.15) is 4.88 Å². The van der Waals surface area contributed by atoms with Gasteiger partial charge in [-0.2, -0.15) is 4.31 Å². The maximum absolute atomic E-state index is 12.7. The van der Waals surface area contributed by atoms with E-state index in [0.29, 0.717) is 13.1 Å². The van der Waals surface area contributed by atoms with Gasteiger partial charge in [0.05, 0.1) is 5.02 Å². The summed E-state index contributed by atoms with van der Waals surface area (Å²) in [6.45, 7) is 3.36. The van der Waals surface area contributed by atoms with E-state index in [0.717, 1.165) is 19.6 Å². The number of hydrogen-bond donors (Lipinski definition) is 0. The molecule has 0 amide bonds. The largest absolute Gasteiger partial charge is 0.296 e. The number of rotatable bonds is 4. The third-order valence-corrected chi connectivity index (χ3v) is 7.00. The Kier molecular flexibility index (Phi) is 6.48. The Balaban J connectivity index is 0.00000192. The maximum atomic E-state index is 12.7. The van der Waals surface area contributed by atoms with Crippen molar-refractivity contribution in [3.63, 3.8) is 0 Å². The average Bonchev–Trinajstić information content (AvgIpc) is 3.01. The molecule has 1 aliphatic rings. The predicted octanol–water partition coefficient (Wildman–Crippen LogP) is 3.33. The smallest absolute Gasteiger partial charge is 0.244 e. The van der Waals surface area contributed by atoms with Gasteiger partial charge in [-0.3, -0.25) is 4.90 Å². The topological polar surface area (TPSA) is 40.6 Å². The summed E-state index contributed by atoms with van der Waals surface area (Å²) in [5, 5.41) is 2.34. The number of halogens is 2. The summed E-state index contributed by atoms with van der Waals surface area (Å²) in [6, 6.07) is 10.8. The summed E-state index contributed by atoms with van der Waals surface area (Å²) in [6.07, 6.45) is 0. The molecule has 1 aromatic carbocycles. The summed E-state index contributed by atoms with van der Waals surface area (Å²) in [5.41, 5.74) is 0. The molecule has 1 aliphatic heterocycles. The van der Waals surface area contributed by atoms with Crippen LogP contribution in [0.5, 0.6) is 0 Å². The first-order valence-corrected chi connectivity index (χ1v) is 9.76. The van der Waals surface area contributed by atoms with E-state index in [1.54, 1.807) is 35.6 Å². The molecule has 0 aliphatic carbocycles. The Hall–Kier alpha value is -0.630. The van der Waals surface area contributed by atoms with Gasteiger partial charge in [-0.15, -0.1) is 23.7 Å². The second-order valence-corrected chi connectivity index (χ2v) is 8.54. The Bertz CT molecular complexity index is 728. The highest BCUT2D eigenvalue weighted by molar-refractivity contribution is 7.89. The number of nitrogens with zero attached hydrogens (tertiary/aromatic N) is 2. The van der Waals surface area contributed by atoms with E-state index in [9.17, 15) is 8.42 Å². The van der Waals surface area contributed by atoms with Crippen molar-refractivity contribution in [1.82, 2.24) is 9.21 Å². The molecule has 0 atom stereocenters. The third-order valence-electron chi connectivity index (χ3n) is 3.75. The van der Waals surface area contributed by atoms with Crippen LogP contribution in [0.2, 0.25) is 5.02 Å². The fraction of sp³-hybridized carbons (Fsp3) is 0.333. The van der Waals surface area contributed by atoms with Crippen LogP contribution in [0.4, 0.5) is 0 Å². The Morgan fingerprint density at radius 2 is 1.74 bits per heavy atom. The molecular weight excluding hydrogens is 375 g/mol. The maximum Gasteiger partial charge on any atom is 0.244 e. The van der Waals surface area contributed by atoms with Gasteiger partial charge in [-0.05, 0) is 23.6 Å². The van der Waals surface area contributed by atoms with Gasteiger partial charge in [0.1, 0.15) is 4.90 Å². The molecule has 1 fully saturated rings. The van der Waals surface area contributed by atoms with E-state index in [-0.39, 0.29) is 22.3 Å². The zero-order valence-corrected chi connectivity index (χ0v) is 15.6. The van der Waals surface area contributed by atoms with Crippen molar-refractivity contribution in [2.24, 2.45) is 0 Å². The second-order valence-electron chi connectivity index (χ2n) is 5.19. The highest BCUT2D eigenvalue weighted by Crippen LogP contribution is 2.25. The first kappa shape index (κ1) is 18.7. The molecule has 2 heterocycles. The van der Waals surface area contributed by atoms with Crippen LogP contribution in [-0.2, 0) is 16.6 Å². The van der Waals surface area contributed by atoms with Crippen LogP contribution >= 0.6 is 35.3 Å². The molecule has 8 heteroatoms. The van der Waals surface area contributed by atoms with Crippen LogP contribution in [0.3, 0.4) is 0 Å². The number of benzene rings is 1. The van der Waals surface area contributed by atoms with Gasteiger partial charge in [0.15, 0.2) is 0 Å². The number of hydrogen-bond acceptors (Lipinski definition) is 4. The Morgan fingerprint density at radius 3 is 2.35 bits per heavy atom. The minimum Gasteiger partial charge on any atom is -0.296 e. The normalized spacial score (nSPS) is 16.9. The van der Waals surface area contributed by atoms with E-state index in [4.69, 9.17) is 11.6 Å². The van der Waals surface area contributed by atoms with Gasteiger partial charge < -0.3 is 0 Å². The summed E-state index contributed by atoms with van der Waals surface area (Å²) >= 11 is 7.77. The monoisotopic (exact) mass is 392 g/mol. The summed E-state index contributed by atoms with van der Waals surface area (Å²) < 4.78 is 26.8. The highest BCUT2D eigenvalue weighted by Gasteiger charge is 2.29. The van der Waals surface area contributed by atoms with Gasteiger partial charge in [0.25, 0.3) is 0 Å². The summed E-state index contributed by atoms with van der Waals surface area (Å²) in [4.78, 5) is 3.79. The lowest BCUT2D eigenvalue weighted by Gasteiger charge is -2.33. The van der Waals surface area contributed by atoms with E-state index < -0.39 is 10.0 Å². The van der Waals surface area contributed by atoms with Crippen LogP contribution in [0, 0.1) is 0 Å². The lowest BCUT2D eigenvalue weighted by atomic mass is 10.3. The molecular formula is C15H18Cl2N2O2S2. The minimum absolute atomic E-state index is 0. The number of sulfonamides is 1. The highest BCUT2D eigenvalue weighted by atomic mass is 35.5. The lowest BCUT2D eigenvalue weighted by molar-refractivity contribution is 0.183. The second kappa shape index (κ2) is 7.96. The van der Waals surface area contributed by atoms with Gasteiger partial charge in [-0.25, -0.2) is 8.42 Å². The van der Waals surface area contributed by atoms with Crippen molar-refractivity contribution in [3.05, 3.63) is 51.7 Å². The number of thiophene rings is 1. The van der Waals surface area contributed by atoms with E-state index in [1.807, 2.05) is 6.07 Å². The van der Waals surface area contributed by atoms with E-state index in [2.05, 4.69) is 16.3 Å². The van der Waals surface area contributed by atoms with E-state index in [1.165, 1.54) is 9.18 Å². The van der Waals surface area contributed by atoms with E-state index >= 15 is 0 Å². The van der Waals surface area contributed by atoms with Gasteiger partial charge in [-0.1, -0.05) is 29.8 Å². The van der Waals surface area contributed by atoms with Crippen molar-refractivity contribution >= 4 is 45.4 Å². The summed E-state index contributed by atoms with van der Waals surface area (Å²) in [5.74, 6) is 0. The molecule has 0 spiro atoms. The first-order chi connectivity index (χ1) is 10.6. The van der Waals surface area contributed by atoms with Crippen molar-refractivity contribution in [2.75, 3.05) is 26.2 Å². The zero-order chi connectivity index (χ0) is 15.6. The molecule has 0 saturated carbocycles. The van der Waals surface area contributed by atoms with Crippen LogP contribution in [0.25, 0.3) is 0 Å². The molecule has 4 nitrogen and oxygen atoms in total. The van der Waals surface area contributed by atoms with Crippen LogP contribution < -0.4 is 0 Å². The number of piperazine rings is 1. The molecule has 3 rings (SSSR count).